The van der Waals surface area contributed by atoms with E-state index in [4.69, 9.17) is 9.15 Å². The van der Waals surface area contributed by atoms with Crippen LogP contribution in [-0.4, -0.2) is 12.5 Å². The smallest absolute Gasteiger partial charge is 0.248 e. The van der Waals surface area contributed by atoms with Gasteiger partial charge in [0.05, 0.1) is 6.61 Å². The van der Waals surface area contributed by atoms with E-state index in [-0.39, 0.29) is 5.91 Å². The van der Waals surface area contributed by atoms with Crippen molar-refractivity contribution >= 4 is 44.1 Å². The molecule has 0 saturated heterocycles. The monoisotopic (exact) mass is 427 g/mol. The first-order valence-corrected chi connectivity index (χ1v) is 9.60. The second-order valence-corrected chi connectivity index (χ2v) is 7.30. The van der Waals surface area contributed by atoms with E-state index in [1.54, 1.807) is 6.08 Å². The highest BCUT2D eigenvalue weighted by Gasteiger charge is 2.14. The summed E-state index contributed by atoms with van der Waals surface area (Å²) in [7, 11) is 0. The van der Waals surface area contributed by atoms with E-state index in [1.165, 1.54) is 0 Å². The van der Waals surface area contributed by atoms with Gasteiger partial charge in [-0.25, -0.2) is 0 Å². The highest BCUT2D eigenvalue weighted by molar-refractivity contribution is 9.10. The minimum Gasteiger partial charge on any atom is -0.493 e. The van der Waals surface area contributed by atoms with Gasteiger partial charge in [-0.2, -0.15) is 0 Å². The first-order valence-electron chi connectivity index (χ1n) is 8.80. The molecular weight excluding hydrogens is 406 g/mol. The van der Waals surface area contributed by atoms with Crippen molar-refractivity contribution in [2.24, 2.45) is 0 Å². The summed E-state index contributed by atoms with van der Waals surface area (Å²) >= 11 is 3.41. The first kappa shape index (κ1) is 19.2. The van der Waals surface area contributed by atoms with Crippen LogP contribution in [0.4, 0.5) is 5.69 Å². The Balaban J connectivity index is 1.96. The van der Waals surface area contributed by atoms with Gasteiger partial charge in [0.15, 0.2) is 0 Å². The number of rotatable bonds is 5. The van der Waals surface area contributed by atoms with Crippen molar-refractivity contribution in [3.05, 3.63) is 63.8 Å². The number of benzene rings is 2. The van der Waals surface area contributed by atoms with Gasteiger partial charge in [0, 0.05) is 33.3 Å². The van der Waals surface area contributed by atoms with E-state index in [2.05, 4.69) is 21.2 Å². The predicted molar refractivity (Wildman–Crippen MR) is 113 cm³/mol. The average molecular weight is 428 g/mol. The lowest BCUT2D eigenvalue weighted by Gasteiger charge is -2.11. The topological polar surface area (TPSA) is 51.5 Å². The van der Waals surface area contributed by atoms with Crippen LogP contribution < -0.4 is 10.1 Å². The van der Waals surface area contributed by atoms with E-state index in [0.717, 1.165) is 43.6 Å². The van der Waals surface area contributed by atoms with Crippen molar-refractivity contribution < 1.29 is 13.9 Å². The average Bonchev–Trinajstić information content (AvgIpc) is 2.88. The lowest BCUT2D eigenvalue weighted by Crippen LogP contribution is -2.08. The molecule has 140 valence electrons. The summed E-state index contributed by atoms with van der Waals surface area (Å²) < 4.78 is 12.5. The second-order valence-electron chi connectivity index (χ2n) is 6.39. The van der Waals surface area contributed by atoms with Gasteiger partial charge in [0.1, 0.15) is 17.1 Å². The summed E-state index contributed by atoms with van der Waals surface area (Å²) in [5.74, 6) is 1.41. The SMILES string of the molecule is CCOc1cc2oc(C)c(C)c2cc1/C(C)=C/C(=O)Nc1cccc(Br)c1. The van der Waals surface area contributed by atoms with E-state index in [0.29, 0.717) is 12.4 Å². The Bertz CT molecular complexity index is 1030. The Hall–Kier alpha value is -2.53. The van der Waals surface area contributed by atoms with Gasteiger partial charge in [-0.15, -0.1) is 0 Å². The quantitative estimate of drug-likeness (QED) is 0.489. The van der Waals surface area contributed by atoms with Crippen LogP contribution in [0.25, 0.3) is 16.5 Å². The maximum Gasteiger partial charge on any atom is 0.248 e. The minimum atomic E-state index is -0.187. The van der Waals surface area contributed by atoms with Gasteiger partial charge in [0.2, 0.25) is 5.91 Å². The van der Waals surface area contributed by atoms with Crippen LogP contribution in [0, 0.1) is 13.8 Å². The van der Waals surface area contributed by atoms with Gasteiger partial charge in [-0.3, -0.25) is 4.79 Å². The normalized spacial score (nSPS) is 11.7. The molecule has 0 atom stereocenters. The van der Waals surface area contributed by atoms with Crippen molar-refractivity contribution in [2.45, 2.75) is 27.7 Å². The highest BCUT2D eigenvalue weighted by atomic mass is 79.9. The molecule has 3 rings (SSSR count). The number of nitrogens with one attached hydrogen (secondary N) is 1. The molecule has 0 fully saturated rings. The summed E-state index contributed by atoms with van der Waals surface area (Å²) in [5.41, 5.74) is 4.34. The fourth-order valence-electron chi connectivity index (χ4n) is 2.97. The molecule has 0 aliphatic heterocycles. The molecule has 0 aliphatic rings. The number of aryl methyl sites for hydroxylation is 2. The molecule has 5 heteroatoms. The van der Waals surface area contributed by atoms with E-state index in [1.807, 2.05) is 64.1 Å². The zero-order valence-electron chi connectivity index (χ0n) is 15.9. The summed E-state index contributed by atoms with van der Waals surface area (Å²) in [6, 6.07) is 11.4. The Kier molecular flexibility index (Phi) is 5.71. The summed E-state index contributed by atoms with van der Waals surface area (Å²) in [4.78, 5) is 12.4. The van der Waals surface area contributed by atoms with Crippen LogP contribution in [0.1, 0.15) is 30.7 Å². The summed E-state index contributed by atoms with van der Waals surface area (Å²) in [6.07, 6.45) is 1.59. The standard InChI is InChI=1S/C22H22BrNO3/c1-5-26-20-12-21-19(14(3)15(4)27-21)11-18(20)13(2)9-22(25)24-17-8-6-7-16(23)10-17/h6-12H,5H2,1-4H3,(H,24,25)/b13-9+. The molecule has 0 bridgehead atoms. The number of carbonyl (C=O) groups is 1. The predicted octanol–water partition coefficient (Wildman–Crippen LogP) is 6.25. The zero-order valence-corrected chi connectivity index (χ0v) is 17.4. The molecule has 27 heavy (non-hydrogen) atoms. The third-order valence-corrected chi connectivity index (χ3v) is 4.93. The fourth-order valence-corrected chi connectivity index (χ4v) is 3.37. The van der Waals surface area contributed by atoms with Crippen LogP contribution in [0.5, 0.6) is 5.75 Å². The molecular formula is C22H22BrNO3. The number of anilines is 1. The van der Waals surface area contributed by atoms with E-state index < -0.39 is 0 Å². The molecule has 0 aliphatic carbocycles. The Morgan fingerprint density at radius 3 is 2.74 bits per heavy atom. The van der Waals surface area contributed by atoms with Crippen molar-refractivity contribution in [1.82, 2.24) is 0 Å². The minimum absolute atomic E-state index is 0.187. The molecule has 0 saturated carbocycles. The molecule has 1 aromatic heterocycles. The molecule has 2 aromatic carbocycles. The largest absolute Gasteiger partial charge is 0.493 e. The van der Waals surface area contributed by atoms with Gasteiger partial charge in [-0.1, -0.05) is 22.0 Å². The Labute approximate surface area is 167 Å². The summed E-state index contributed by atoms with van der Waals surface area (Å²) in [6.45, 7) is 8.36. The van der Waals surface area contributed by atoms with Crippen molar-refractivity contribution in [2.75, 3.05) is 11.9 Å². The summed E-state index contributed by atoms with van der Waals surface area (Å²) in [5, 5.41) is 3.92. The van der Waals surface area contributed by atoms with Crippen molar-refractivity contribution in [1.29, 1.82) is 0 Å². The highest BCUT2D eigenvalue weighted by Crippen LogP contribution is 2.35. The molecule has 0 spiro atoms. The first-order chi connectivity index (χ1) is 12.9. The van der Waals surface area contributed by atoms with Crippen molar-refractivity contribution in [3.8, 4) is 5.75 Å². The lowest BCUT2D eigenvalue weighted by molar-refractivity contribution is -0.111. The van der Waals surface area contributed by atoms with E-state index >= 15 is 0 Å². The van der Waals surface area contributed by atoms with Crippen LogP contribution in [0.3, 0.4) is 0 Å². The van der Waals surface area contributed by atoms with Crippen LogP contribution >= 0.6 is 15.9 Å². The number of furan rings is 1. The molecule has 1 amide bonds. The molecule has 0 radical (unpaired) electrons. The lowest BCUT2D eigenvalue weighted by atomic mass is 10.0. The number of hydrogen-bond donors (Lipinski definition) is 1. The van der Waals surface area contributed by atoms with Gasteiger partial charge in [0.25, 0.3) is 0 Å². The van der Waals surface area contributed by atoms with Gasteiger partial charge < -0.3 is 14.5 Å². The van der Waals surface area contributed by atoms with Crippen LogP contribution in [0.2, 0.25) is 0 Å². The van der Waals surface area contributed by atoms with Crippen LogP contribution in [-0.2, 0) is 4.79 Å². The molecule has 4 nitrogen and oxygen atoms in total. The maximum absolute atomic E-state index is 12.4. The number of amides is 1. The van der Waals surface area contributed by atoms with E-state index in [9.17, 15) is 4.79 Å². The number of carbonyl (C=O) groups excluding carboxylic acids is 1. The second kappa shape index (κ2) is 8.01. The van der Waals surface area contributed by atoms with Gasteiger partial charge >= 0.3 is 0 Å². The number of halogens is 1. The number of allylic oxidation sites excluding steroid dienone is 1. The Morgan fingerprint density at radius 1 is 1.26 bits per heavy atom. The van der Waals surface area contributed by atoms with Gasteiger partial charge in [-0.05, 0) is 63.1 Å². The molecule has 3 aromatic rings. The fraction of sp³-hybridized carbons (Fsp3) is 0.227. The number of ether oxygens (including phenoxy) is 1. The third-order valence-electron chi connectivity index (χ3n) is 4.44. The number of fused-ring (bicyclic) bond motifs is 1. The van der Waals surface area contributed by atoms with Crippen molar-refractivity contribution in [3.63, 3.8) is 0 Å². The molecule has 1 N–H and O–H groups in total. The molecule has 0 unspecified atom stereocenters. The zero-order chi connectivity index (χ0) is 19.6. The third kappa shape index (κ3) is 4.25. The Morgan fingerprint density at radius 2 is 2.04 bits per heavy atom. The molecule has 1 heterocycles. The number of hydrogen-bond acceptors (Lipinski definition) is 3. The van der Waals surface area contributed by atoms with Crippen LogP contribution in [0.15, 0.2) is 51.4 Å². The maximum atomic E-state index is 12.4.